The van der Waals surface area contributed by atoms with E-state index in [0.717, 1.165) is 5.56 Å². The average molecular weight is 243 g/mol. The number of amides is 2. The van der Waals surface area contributed by atoms with Gasteiger partial charge in [-0.25, -0.2) is 0 Å². The Balaban J connectivity index is 2.39. The van der Waals surface area contributed by atoms with Crippen LogP contribution >= 0.6 is 0 Å². The van der Waals surface area contributed by atoms with Crippen LogP contribution in [0.15, 0.2) is 18.2 Å². The number of carbonyl (C=O) groups is 2. The molecule has 0 atom stereocenters. The number of halogens is 3. The molecule has 0 aliphatic carbocycles. The first-order chi connectivity index (χ1) is 7.79. The van der Waals surface area contributed by atoms with Crippen molar-refractivity contribution in [3.63, 3.8) is 0 Å². The maximum Gasteiger partial charge on any atom is 0.406 e. The first-order valence-corrected chi connectivity index (χ1v) is 4.83. The zero-order chi connectivity index (χ0) is 12.8. The van der Waals surface area contributed by atoms with Crippen molar-refractivity contribution in [1.82, 2.24) is 4.90 Å². The Labute approximate surface area is 94.8 Å². The molecule has 0 bridgehead atoms. The lowest BCUT2D eigenvalue weighted by Gasteiger charge is -2.15. The highest BCUT2D eigenvalue weighted by atomic mass is 19.4. The van der Waals surface area contributed by atoms with E-state index in [-0.39, 0.29) is 16.0 Å². The van der Waals surface area contributed by atoms with Crippen LogP contribution in [0, 0.1) is 6.92 Å². The zero-order valence-corrected chi connectivity index (χ0v) is 8.84. The van der Waals surface area contributed by atoms with Gasteiger partial charge in [0.25, 0.3) is 11.8 Å². The Morgan fingerprint density at radius 1 is 1.12 bits per heavy atom. The van der Waals surface area contributed by atoms with Crippen LogP contribution in [-0.2, 0) is 0 Å². The molecule has 2 rings (SSSR count). The van der Waals surface area contributed by atoms with Crippen molar-refractivity contribution in [1.29, 1.82) is 0 Å². The van der Waals surface area contributed by atoms with Gasteiger partial charge >= 0.3 is 6.18 Å². The minimum Gasteiger partial charge on any atom is -0.269 e. The number of rotatable bonds is 1. The molecule has 1 heterocycles. The van der Waals surface area contributed by atoms with Crippen LogP contribution in [0.4, 0.5) is 13.2 Å². The normalized spacial score (nSPS) is 15.4. The zero-order valence-electron chi connectivity index (χ0n) is 8.84. The molecule has 1 aliphatic rings. The van der Waals surface area contributed by atoms with Gasteiger partial charge in [-0.1, -0.05) is 11.6 Å². The topological polar surface area (TPSA) is 37.4 Å². The number of hydrogen-bond acceptors (Lipinski definition) is 2. The maximum absolute atomic E-state index is 12.2. The Hall–Kier alpha value is -1.85. The van der Waals surface area contributed by atoms with E-state index in [1.54, 1.807) is 13.0 Å². The molecule has 1 aliphatic heterocycles. The lowest BCUT2D eigenvalue weighted by Crippen LogP contribution is -2.38. The SMILES string of the molecule is Cc1ccc2c(c1)C(=O)N(CC(F)(F)F)C2=O. The van der Waals surface area contributed by atoms with Gasteiger partial charge in [0.05, 0.1) is 11.1 Å². The van der Waals surface area contributed by atoms with Crippen molar-refractivity contribution >= 4 is 11.8 Å². The van der Waals surface area contributed by atoms with Crippen LogP contribution < -0.4 is 0 Å². The van der Waals surface area contributed by atoms with Gasteiger partial charge in [0.2, 0.25) is 0 Å². The highest BCUT2D eigenvalue weighted by Crippen LogP contribution is 2.27. The lowest BCUT2D eigenvalue weighted by atomic mass is 10.1. The second-order valence-electron chi connectivity index (χ2n) is 3.86. The van der Waals surface area contributed by atoms with E-state index in [4.69, 9.17) is 0 Å². The minimum atomic E-state index is -4.58. The quantitative estimate of drug-likeness (QED) is 0.709. The van der Waals surface area contributed by atoms with Crippen molar-refractivity contribution in [2.24, 2.45) is 0 Å². The van der Waals surface area contributed by atoms with Gasteiger partial charge in [-0.3, -0.25) is 14.5 Å². The Bertz CT molecular complexity index is 508. The summed E-state index contributed by atoms with van der Waals surface area (Å²) >= 11 is 0. The average Bonchev–Trinajstić information content (AvgIpc) is 2.42. The molecule has 1 aromatic rings. The number of carbonyl (C=O) groups excluding carboxylic acids is 2. The highest BCUT2D eigenvalue weighted by molar-refractivity contribution is 6.21. The molecule has 0 saturated carbocycles. The number of nitrogens with zero attached hydrogens (tertiary/aromatic N) is 1. The molecule has 0 spiro atoms. The molecule has 0 fully saturated rings. The van der Waals surface area contributed by atoms with Crippen LogP contribution in [0.3, 0.4) is 0 Å². The molecule has 0 saturated heterocycles. The lowest BCUT2D eigenvalue weighted by molar-refractivity contribution is -0.136. The van der Waals surface area contributed by atoms with Gasteiger partial charge in [0.1, 0.15) is 6.54 Å². The van der Waals surface area contributed by atoms with Crippen molar-refractivity contribution in [3.05, 3.63) is 34.9 Å². The van der Waals surface area contributed by atoms with Gasteiger partial charge < -0.3 is 0 Å². The molecule has 0 radical (unpaired) electrons. The summed E-state index contributed by atoms with van der Waals surface area (Å²) in [5.74, 6) is -1.77. The second-order valence-corrected chi connectivity index (χ2v) is 3.86. The number of benzene rings is 1. The molecule has 0 unspecified atom stereocenters. The first kappa shape index (κ1) is 11.6. The number of alkyl halides is 3. The molecular formula is C11H8F3NO2. The summed E-state index contributed by atoms with van der Waals surface area (Å²) in [5, 5.41) is 0. The first-order valence-electron chi connectivity index (χ1n) is 4.83. The molecule has 6 heteroatoms. The van der Waals surface area contributed by atoms with E-state index in [1.807, 2.05) is 0 Å². The smallest absolute Gasteiger partial charge is 0.269 e. The summed E-state index contributed by atoms with van der Waals surface area (Å²) in [7, 11) is 0. The third-order valence-electron chi connectivity index (χ3n) is 2.46. The second kappa shape index (κ2) is 3.58. The van der Waals surface area contributed by atoms with Gasteiger partial charge in [-0.2, -0.15) is 13.2 Å². The number of aryl methyl sites for hydroxylation is 1. The Morgan fingerprint density at radius 3 is 2.29 bits per heavy atom. The summed E-state index contributed by atoms with van der Waals surface area (Å²) in [6, 6.07) is 4.38. The minimum absolute atomic E-state index is 0.0323. The molecular weight excluding hydrogens is 235 g/mol. The largest absolute Gasteiger partial charge is 0.406 e. The number of fused-ring (bicyclic) bond motifs is 1. The third kappa shape index (κ3) is 2.02. The number of hydrogen-bond donors (Lipinski definition) is 0. The summed E-state index contributed by atoms with van der Waals surface area (Å²) in [6.45, 7) is 0.156. The fraction of sp³-hybridized carbons (Fsp3) is 0.273. The third-order valence-corrected chi connectivity index (χ3v) is 2.46. The molecule has 90 valence electrons. The highest BCUT2D eigenvalue weighted by Gasteiger charge is 2.42. The van der Waals surface area contributed by atoms with Gasteiger partial charge in [-0.05, 0) is 19.1 Å². The summed E-state index contributed by atoms with van der Waals surface area (Å²) < 4.78 is 36.6. The summed E-state index contributed by atoms with van der Waals surface area (Å²) in [6.07, 6.45) is -4.58. The summed E-state index contributed by atoms with van der Waals surface area (Å²) in [5.41, 5.74) is 0.794. The molecule has 3 nitrogen and oxygen atoms in total. The van der Waals surface area contributed by atoms with E-state index in [1.165, 1.54) is 12.1 Å². The van der Waals surface area contributed by atoms with E-state index < -0.39 is 24.5 Å². The van der Waals surface area contributed by atoms with Gasteiger partial charge in [-0.15, -0.1) is 0 Å². The van der Waals surface area contributed by atoms with E-state index in [2.05, 4.69) is 0 Å². The maximum atomic E-state index is 12.2. The van der Waals surface area contributed by atoms with Crippen molar-refractivity contribution in [2.75, 3.05) is 6.54 Å². The molecule has 2 amide bonds. The van der Waals surface area contributed by atoms with Gasteiger partial charge in [0.15, 0.2) is 0 Å². The van der Waals surface area contributed by atoms with E-state index in [9.17, 15) is 22.8 Å². The molecule has 1 aromatic carbocycles. The fourth-order valence-electron chi connectivity index (χ4n) is 1.73. The van der Waals surface area contributed by atoms with Crippen molar-refractivity contribution in [2.45, 2.75) is 13.1 Å². The van der Waals surface area contributed by atoms with Crippen LogP contribution in [-0.4, -0.2) is 29.4 Å². The molecule has 17 heavy (non-hydrogen) atoms. The predicted octanol–water partition coefficient (Wildman–Crippen LogP) is 2.15. The Morgan fingerprint density at radius 2 is 1.71 bits per heavy atom. The Kier molecular flexibility index (Phi) is 2.45. The van der Waals surface area contributed by atoms with E-state index in [0.29, 0.717) is 0 Å². The van der Waals surface area contributed by atoms with Gasteiger partial charge in [0, 0.05) is 0 Å². The number of imide groups is 1. The van der Waals surface area contributed by atoms with Crippen LogP contribution in [0.1, 0.15) is 26.3 Å². The van der Waals surface area contributed by atoms with Crippen LogP contribution in [0.2, 0.25) is 0 Å². The summed E-state index contributed by atoms with van der Waals surface area (Å²) in [4.78, 5) is 23.5. The van der Waals surface area contributed by atoms with E-state index >= 15 is 0 Å². The molecule has 0 aromatic heterocycles. The van der Waals surface area contributed by atoms with Crippen LogP contribution in [0.5, 0.6) is 0 Å². The predicted molar refractivity (Wildman–Crippen MR) is 52.6 cm³/mol. The van der Waals surface area contributed by atoms with Crippen LogP contribution in [0.25, 0.3) is 0 Å². The fourth-order valence-corrected chi connectivity index (χ4v) is 1.73. The van der Waals surface area contributed by atoms with Crippen molar-refractivity contribution < 1.29 is 22.8 Å². The van der Waals surface area contributed by atoms with Crippen molar-refractivity contribution in [3.8, 4) is 0 Å². The standard InChI is InChI=1S/C11H8F3NO2/c1-6-2-3-7-8(4-6)10(17)15(9(7)16)5-11(12,13)14/h2-4H,5H2,1H3. The monoisotopic (exact) mass is 243 g/mol. The molecule has 0 N–H and O–H groups in total.